The van der Waals surface area contributed by atoms with Crippen LogP contribution in [-0.2, 0) is 16.0 Å². The average molecular weight is 403 g/mol. The van der Waals surface area contributed by atoms with E-state index in [1.807, 2.05) is 25.1 Å². The van der Waals surface area contributed by atoms with Crippen molar-refractivity contribution in [3.8, 4) is 0 Å². The van der Waals surface area contributed by atoms with E-state index in [0.29, 0.717) is 30.5 Å². The molecule has 1 unspecified atom stereocenters. The summed E-state index contributed by atoms with van der Waals surface area (Å²) in [6, 6.07) is 5.67. The second kappa shape index (κ2) is 7.76. The molecule has 150 valence electrons. The van der Waals surface area contributed by atoms with Gasteiger partial charge in [0.15, 0.2) is 0 Å². The Morgan fingerprint density at radius 3 is 2.79 bits per heavy atom. The fraction of sp³-hybridized carbons (Fsp3) is 0.524. The Morgan fingerprint density at radius 2 is 2.07 bits per heavy atom. The van der Waals surface area contributed by atoms with Crippen LogP contribution in [0.1, 0.15) is 17.7 Å². The van der Waals surface area contributed by atoms with Gasteiger partial charge >= 0.3 is 0 Å². The Hall–Kier alpha value is -2.05. The van der Waals surface area contributed by atoms with Gasteiger partial charge in [0.2, 0.25) is 11.8 Å². The zero-order valence-corrected chi connectivity index (χ0v) is 17.2. The molecule has 2 aromatic rings. The number of aromatic amines is 1. The highest BCUT2D eigenvalue weighted by atomic mass is 35.5. The zero-order chi connectivity index (χ0) is 19.8. The maximum atomic E-state index is 12.7. The molecule has 0 aliphatic carbocycles. The molecule has 0 saturated carbocycles. The third-order valence-corrected chi connectivity index (χ3v) is 6.30. The zero-order valence-electron chi connectivity index (χ0n) is 16.4. The number of rotatable bonds is 5. The van der Waals surface area contributed by atoms with Crippen molar-refractivity contribution >= 4 is 34.3 Å². The highest BCUT2D eigenvalue weighted by Crippen LogP contribution is 2.27. The summed E-state index contributed by atoms with van der Waals surface area (Å²) in [4.78, 5) is 32.4. The van der Waals surface area contributed by atoms with Crippen molar-refractivity contribution in [3.05, 3.63) is 34.5 Å². The van der Waals surface area contributed by atoms with Crippen molar-refractivity contribution in [2.75, 3.05) is 39.8 Å². The van der Waals surface area contributed by atoms with Crippen LogP contribution in [0.5, 0.6) is 0 Å². The summed E-state index contributed by atoms with van der Waals surface area (Å²) in [7, 11) is 2.11. The van der Waals surface area contributed by atoms with Crippen molar-refractivity contribution in [3.63, 3.8) is 0 Å². The van der Waals surface area contributed by atoms with E-state index in [9.17, 15) is 9.59 Å². The van der Waals surface area contributed by atoms with Crippen LogP contribution in [0.3, 0.4) is 0 Å². The smallest absolute Gasteiger partial charge is 0.227 e. The summed E-state index contributed by atoms with van der Waals surface area (Å²) >= 11 is 6.12. The minimum atomic E-state index is -0.0819. The molecular weight excluding hydrogens is 376 g/mol. The highest BCUT2D eigenvalue weighted by molar-refractivity contribution is 6.31. The maximum Gasteiger partial charge on any atom is 0.227 e. The molecule has 2 fully saturated rings. The fourth-order valence-electron chi connectivity index (χ4n) is 4.28. The Bertz CT molecular complexity index is 903. The number of fused-ring (bicyclic) bond motifs is 1. The third-order valence-electron chi connectivity index (χ3n) is 6.07. The number of hydrogen-bond donors (Lipinski definition) is 2. The van der Waals surface area contributed by atoms with Gasteiger partial charge in [-0.2, -0.15) is 0 Å². The molecule has 1 aromatic heterocycles. The largest absolute Gasteiger partial charge is 0.358 e. The Kier molecular flexibility index (Phi) is 5.34. The third kappa shape index (κ3) is 3.89. The number of carbonyl (C=O) groups is 2. The van der Waals surface area contributed by atoms with Gasteiger partial charge < -0.3 is 20.1 Å². The molecule has 7 heteroatoms. The topological polar surface area (TPSA) is 68.4 Å². The number of benzene rings is 1. The molecule has 2 saturated heterocycles. The number of H-pyrrole nitrogens is 1. The lowest BCUT2D eigenvalue weighted by atomic mass is 9.97. The molecule has 0 radical (unpaired) electrons. The molecule has 2 N–H and O–H groups in total. The van der Waals surface area contributed by atoms with Gasteiger partial charge in [-0.1, -0.05) is 11.6 Å². The first-order valence-corrected chi connectivity index (χ1v) is 10.3. The molecule has 0 spiro atoms. The predicted octanol–water partition coefficient (Wildman–Crippen LogP) is 2.20. The van der Waals surface area contributed by atoms with Gasteiger partial charge in [-0.15, -0.1) is 0 Å². The number of halogens is 1. The van der Waals surface area contributed by atoms with E-state index in [4.69, 9.17) is 11.6 Å². The van der Waals surface area contributed by atoms with Crippen molar-refractivity contribution in [2.24, 2.45) is 11.8 Å². The molecule has 2 aliphatic heterocycles. The lowest BCUT2D eigenvalue weighted by Crippen LogP contribution is -2.56. The summed E-state index contributed by atoms with van der Waals surface area (Å²) in [6.45, 7) is 5.88. The summed E-state index contributed by atoms with van der Waals surface area (Å²) in [5.74, 6) is 0.601. The van der Waals surface area contributed by atoms with Gasteiger partial charge in [-0.05, 0) is 56.6 Å². The Balaban J connectivity index is 1.29. The summed E-state index contributed by atoms with van der Waals surface area (Å²) in [5, 5.41) is 4.72. The number of hydrogen-bond acceptors (Lipinski definition) is 3. The summed E-state index contributed by atoms with van der Waals surface area (Å²) in [6.07, 6.45) is 1.47. The van der Waals surface area contributed by atoms with E-state index in [1.165, 1.54) is 0 Å². The van der Waals surface area contributed by atoms with E-state index in [0.717, 1.165) is 48.2 Å². The van der Waals surface area contributed by atoms with E-state index < -0.39 is 0 Å². The van der Waals surface area contributed by atoms with E-state index in [2.05, 4.69) is 22.2 Å². The SMILES string of the molecule is Cc1[nH]c2ccc(Cl)cc2c1CC(=O)N1CC(C(=O)NCC2CCN(C)C2)C1. The van der Waals surface area contributed by atoms with Crippen molar-refractivity contribution in [2.45, 2.75) is 19.8 Å². The molecule has 4 rings (SSSR count). The van der Waals surface area contributed by atoms with E-state index >= 15 is 0 Å². The number of nitrogens with zero attached hydrogens (tertiary/aromatic N) is 2. The first-order chi connectivity index (χ1) is 13.4. The lowest BCUT2D eigenvalue weighted by Gasteiger charge is -2.38. The molecule has 1 atom stereocenters. The van der Waals surface area contributed by atoms with Crippen LogP contribution < -0.4 is 5.32 Å². The first kappa shape index (κ1) is 19.3. The molecule has 1 aromatic carbocycles. The fourth-order valence-corrected chi connectivity index (χ4v) is 4.45. The minimum Gasteiger partial charge on any atom is -0.358 e. The number of aryl methyl sites for hydroxylation is 1. The number of aromatic nitrogens is 1. The van der Waals surface area contributed by atoms with Crippen molar-refractivity contribution < 1.29 is 9.59 Å². The maximum absolute atomic E-state index is 12.7. The lowest BCUT2D eigenvalue weighted by molar-refractivity contribution is -0.142. The second-order valence-electron chi connectivity index (χ2n) is 8.25. The van der Waals surface area contributed by atoms with Crippen LogP contribution in [0, 0.1) is 18.8 Å². The molecule has 3 heterocycles. The van der Waals surface area contributed by atoms with Crippen LogP contribution in [0.2, 0.25) is 5.02 Å². The molecule has 6 nitrogen and oxygen atoms in total. The van der Waals surface area contributed by atoms with Crippen LogP contribution in [-0.4, -0.2) is 66.4 Å². The second-order valence-corrected chi connectivity index (χ2v) is 8.69. The highest BCUT2D eigenvalue weighted by Gasteiger charge is 2.36. The average Bonchev–Trinajstić information content (AvgIpc) is 3.15. The quantitative estimate of drug-likeness (QED) is 0.805. The van der Waals surface area contributed by atoms with Gasteiger partial charge in [0.05, 0.1) is 12.3 Å². The molecule has 28 heavy (non-hydrogen) atoms. The van der Waals surface area contributed by atoms with Crippen LogP contribution in [0.4, 0.5) is 0 Å². The number of likely N-dealkylation sites (tertiary alicyclic amines) is 2. The molecule has 0 bridgehead atoms. The van der Waals surface area contributed by atoms with Crippen molar-refractivity contribution in [1.82, 2.24) is 20.1 Å². The standard InChI is InChI=1S/C21H27ClN4O2/c1-13-17(18-7-16(22)3-4-19(18)24-13)8-20(27)26-11-15(12-26)21(28)23-9-14-5-6-25(2)10-14/h3-4,7,14-15,24H,5-6,8-12H2,1-2H3,(H,23,28). The van der Waals surface area contributed by atoms with Crippen LogP contribution in [0.25, 0.3) is 10.9 Å². The van der Waals surface area contributed by atoms with Gasteiger partial charge in [0.25, 0.3) is 0 Å². The molecular formula is C21H27ClN4O2. The van der Waals surface area contributed by atoms with Crippen LogP contribution in [0.15, 0.2) is 18.2 Å². The number of nitrogens with one attached hydrogen (secondary N) is 2. The predicted molar refractivity (Wildman–Crippen MR) is 110 cm³/mol. The first-order valence-electron chi connectivity index (χ1n) is 9.91. The van der Waals surface area contributed by atoms with Crippen LogP contribution >= 0.6 is 11.6 Å². The number of amides is 2. The van der Waals surface area contributed by atoms with E-state index in [1.54, 1.807) is 4.90 Å². The summed E-state index contributed by atoms with van der Waals surface area (Å²) in [5.41, 5.74) is 2.96. The monoisotopic (exact) mass is 402 g/mol. The van der Waals surface area contributed by atoms with Gasteiger partial charge in [0.1, 0.15) is 0 Å². The van der Waals surface area contributed by atoms with Crippen molar-refractivity contribution in [1.29, 1.82) is 0 Å². The van der Waals surface area contributed by atoms with Gasteiger partial charge in [0, 0.05) is 47.8 Å². The number of carbonyl (C=O) groups excluding carboxylic acids is 2. The molecule has 2 aliphatic rings. The minimum absolute atomic E-state index is 0.0606. The summed E-state index contributed by atoms with van der Waals surface area (Å²) < 4.78 is 0. The van der Waals surface area contributed by atoms with Gasteiger partial charge in [-0.25, -0.2) is 0 Å². The van der Waals surface area contributed by atoms with E-state index in [-0.39, 0.29) is 17.7 Å². The Morgan fingerprint density at radius 1 is 1.29 bits per heavy atom. The van der Waals surface area contributed by atoms with Gasteiger partial charge in [-0.3, -0.25) is 9.59 Å². The normalized spacial score (nSPS) is 20.5. The Labute approximate surface area is 170 Å². The molecule has 2 amide bonds.